The molecular weight excluding hydrogens is 248 g/mol. The summed E-state index contributed by atoms with van der Waals surface area (Å²) in [5.74, 6) is 0.410. The lowest BCUT2D eigenvalue weighted by Crippen LogP contribution is -2.14. The van der Waals surface area contributed by atoms with Gasteiger partial charge in [0.25, 0.3) is 0 Å². The van der Waals surface area contributed by atoms with Gasteiger partial charge in [0.2, 0.25) is 5.91 Å². The van der Waals surface area contributed by atoms with Crippen LogP contribution in [-0.4, -0.2) is 5.91 Å². The van der Waals surface area contributed by atoms with Crippen molar-refractivity contribution in [2.24, 2.45) is 5.92 Å². The van der Waals surface area contributed by atoms with Gasteiger partial charge in [0.15, 0.2) is 0 Å². The minimum Gasteiger partial charge on any atom is -0.326 e. The molecule has 3 nitrogen and oxygen atoms in total. The van der Waals surface area contributed by atoms with Gasteiger partial charge in [-0.3, -0.25) is 4.79 Å². The third-order valence-electron chi connectivity index (χ3n) is 3.61. The Kier molecular flexibility index (Phi) is 3.22. The Morgan fingerprint density at radius 2 is 1.95 bits per heavy atom. The summed E-state index contributed by atoms with van der Waals surface area (Å²) in [6.07, 6.45) is 0.897. The van der Waals surface area contributed by atoms with E-state index in [1.54, 1.807) is 24.3 Å². The van der Waals surface area contributed by atoms with E-state index in [1.807, 2.05) is 18.2 Å². The summed E-state index contributed by atoms with van der Waals surface area (Å²) in [5.41, 5.74) is 2.46. The first kappa shape index (κ1) is 12.4. The Labute approximate surface area is 117 Å². The average Bonchev–Trinajstić information content (AvgIpc) is 3.29. The Bertz CT molecular complexity index is 673. The predicted octanol–water partition coefficient (Wildman–Crippen LogP) is 3.30. The van der Waals surface area contributed by atoms with Gasteiger partial charge in [-0.15, -0.1) is 0 Å². The zero-order valence-electron chi connectivity index (χ0n) is 10.9. The Balaban J connectivity index is 1.65. The molecule has 1 aliphatic carbocycles. The second-order valence-electron chi connectivity index (χ2n) is 5.04. The number of anilines is 1. The van der Waals surface area contributed by atoms with E-state index in [0.717, 1.165) is 6.42 Å². The Morgan fingerprint density at radius 3 is 2.70 bits per heavy atom. The highest BCUT2D eigenvalue weighted by Gasteiger charge is 2.43. The molecule has 1 amide bonds. The number of rotatable bonds is 3. The number of nitrogens with one attached hydrogen (secondary N) is 1. The number of carbonyl (C=O) groups excluding carboxylic acids is 1. The highest BCUT2D eigenvalue weighted by atomic mass is 16.2. The molecule has 0 bridgehead atoms. The van der Waals surface area contributed by atoms with Gasteiger partial charge in [-0.05, 0) is 36.1 Å². The minimum atomic E-state index is 0.0361. The maximum Gasteiger partial charge on any atom is 0.228 e. The average molecular weight is 262 g/mol. The molecule has 2 aromatic carbocycles. The van der Waals surface area contributed by atoms with Crippen LogP contribution in [-0.2, 0) is 4.79 Å². The summed E-state index contributed by atoms with van der Waals surface area (Å²) in [5, 5.41) is 11.7. The van der Waals surface area contributed by atoms with Crippen LogP contribution in [0, 0.1) is 17.2 Å². The molecule has 3 rings (SSSR count). The molecule has 0 heterocycles. The standard InChI is InChI=1S/C17H14N2O/c18-11-12-5-4-8-14(9-12)19-17(20)16-10-15(16)13-6-2-1-3-7-13/h1-9,15-16H,10H2,(H,19,20). The van der Waals surface area contributed by atoms with Gasteiger partial charge < -0.3 is 5.32 Å². The largest absolute Gasteiger partial charge is 0.326 e. The van der Waals surface area contributed by atoms with Gasteiger partial charge in [-0.25, -0.2) is 0 Å². The van der Waals surface area contributed by atoms with Crippen LogP contribution < -0.4 is 5.32 Å². The second-order valence-corrected chi connectivity index (χ2v) is 5.04. The van der Waals surface area contributed by atoms with Crippen molar-refractivity contribution in [1.82, 2.24) is 0 Å². The molecule has 0 aromatic heterocycles. The number of hydrogen-bond donors (Lipinski definition) is 1. The molecule has 2 unspecified atom stereocenters. The van der Waals surface area contributed by atoms with Crippen LogP contribution in [0.5, 0.6) is 0 Å². The smallest absolute Gasteiger partial charge is 0.228 e. The van der Waals surface area contributed by atoms with Crippen molar-refractivity contribution in [1.29, 1.82) is 5.26 Å². The van der Waals surface area contributed by atoms with Crippen molar-refractivity contribution in [2.75, 3.05) is 5.32 Å². The van der Waals surface area contributed by atoms with Crippen molar-refractivity contribution in [3.63, 3.8) is 0 Å². The van der Waals surface area contributed by atoms with E-state index in [0.29, 0.717) is 17.2 Å². The van der Waals surface area contributed by atoms with Crippen LogP contribution in [0.15, 0.2) is 54.6 Å². The molecule has 20 heavy (non-hydrogen) atoms. The van der Waals surface area contributed by atoms with Crippen LogP contribution in [0.25, 0.3) is 0 Å². The maximum atomic E-state index is 12.2. The summed E-state index contributed by atoms with van der Waals surface area (Å²) in [7, 11) is 0. The van der Waals surface area contributed by atoms with Gasteiger partial charge >= 0.3 is 0 Å². The number of hydrogen-bond acceptors (Lipinski definition) is 2. The molecule has 1 fully saturated rings. The van der Waals surface area contributed by atoms with Crippen molar-refractivity contribution in [3.8, 4) is 6.07 Å². The third-order valence-corrected chi connectivity index (χ3v) is 3.61. The van der Waals surface area contributed by atoms with Crippen molar-refractivity contribution < 1.29 is 4.79 Å². The number of nitriles is 1. The lowest BCUT2D eigenvalue weighted by Gasteiger charge is -2.05. The summed E-state index contributed by atoms with van der Waals surface area (Å²) < 4.78 is 0. The fourth-order valence-electron chi connectivity index (χ4n) is 2.45. The SMILES string of the molecule is N#Cc1cccc(NC(=O)C2CC2c2ccccc2)c1. The van der Waals surface area contributed by atoms with E-state index in [-0.39, 0.29) is 11.8 Å². The first-order chi connectivity index (χ1) is 9.78. The highest BCUT2D eigenvalue weighted by Crippen LogP contribution is 2.47. The summed E-state index contributed by atoms with van der Waals surface area (Å²) in [4.78, 5) is 12.2. The molecule has 3 heteroatoms. The predicted molar refractivity (Wildman–Crippen MR) is 77.1 cm³/mol. The van der Waals surface area contributed by atoms with Gasteiger partial charge in [-0.1, -0.05) is 36.4 Å². The summed E-state index contributed by atoms with van der Waals surface area (Å²) >= 11 is 0. The zero-order chi connectivity index (χ0) is 13.9. The maximum absolute atomic E-state index is 12.2. The number of carbonyl (C=O) groups is 1. The van der Waals surface area contributed by atoms with Crippen LogP contribution in [0.1, 0.15) is 23.5 Å². The van der Waals surface area contributed by atoms with Gasteiger partial charge in [0, 0.05) is 11.6 Å². The summed E-state index contributed by atoms with van der Waals surface area (Å²) in [6, 6.07) is 19.2. The molecule has 1 aliphatic rings. The Morgan fingerprint density at radius 1 is 1.15 bits per heavy atom. The van der Waals surface area contributed by atoms with Crippen molar-refractivity contribution in [3.05, 3.63) is 65.7 Å². The van der Waals surface area contributed by atoms with Crippen LogP contribution in [0.4, 0.5) is 5.69 Å². The van der Waals surface area contributed by atoms with E-state index < -0.39 is 0 Å². The molecule has 2 atom stereocenters. The minimum absolute atomic E-state index is 0.0361. The molecule has 0 spiro atoms. The van der Waals surface area contributed by atoms with Gasteiger partial charge in [-0.2, -0.15) is 5.26 Å². The molecule has 98 valence electrons. The van der Waals surface area contributed by atoms with Gasteiger partial charge in [0.05, 0.1) is 11.6 Å². The quantitative estimate of drug-likeness (QED) is 0.922. The molecule has 0 radical (unpaired) electrons. The zero-order valence-corrected chi connectivity index (χ0v) is 10.9. The first-order valence-electron chi connectivity index (χ1n) is 6.64. The molecule has 1 N–H and O–H groups in total. The third kappa shape index (κ3) is 2.55. The first-order valence-corrected chi connectivity index (χ1v) is 6.64. The lowest BCUT2D eigenvalue weighted by molar-refractivity contribution is -0.117. The second kappa shape index (κ2) is 5.18. The molecule has 1 saturated carbocycles. The van der Waals surface area contributed by atoms with E-state index in [9.17, 15) is 4.79 Å². The van der Waals surface area contributed by atoms with E-state index in [1.165, 1.54) is 5.56 Å². The van der Waals surface area contributed by atoms with Crippen LogP contribution >= 0.6 is 0 Å². The molecule has 0 aliphatic heterocycles. The van der Waals surface area contributed by atoms with Crippen LogP contribution in [0.2, 0.25) is 0 Å². The lowest BCUT2D eigenvalue weighted by atomic mass is 10.1. The molecular formula is C17H14N2O. The fraction of sp³-hybridized carbons (Fsp3) is 0.176. The van der Waals surface area contributed by atoms with Crippen LogP contribution in [0.3, 0.4) is 0 Å². The monoisotopic (exact) mass is 262 g/mol. The topological polar surface area (TPSA) is 52.9 Å². The number of nitrogens with zero attached hydrogens (tertiary/aromatic N) is 1. The van der Waals surface area contributed by atoms with Gasteiger partial charge in [0.1, 0.15) is 0 Å². The number of benzene rings is 2. The van der Waals surface area contributed by atoms with E-state index >= 15 is 0 Å². The number of amides is 1. The molecule has 2 aromatic rings. The fourth-order valence-corrected chi connectivity index (χ4v) is 2.45. The van der Waals surface area contributed by atoms with E-state index in [4.69, 9.17) is 5.26 Å². The van der Waals surface area contributed by atoms with Crippen molar-refractivity contribution >= 4 is 11.6 Å². The summed E-state index contributed by atoms with van der Waals surface area (Å²) in [6.45, 7) is 0. The van der Waals surface area contributed by atoms with E-state index in [2.05, 4.69) is 23.5 Å². The Hall–Kier alpha value is -2.60. The highest BCUT2D eigenvalue weighted by molar-refractivity contribution is 5.95. The molecule has 0 saturated heterocycles. The normalized spacial score (nSPS) is 19.9. The van der Waals surface area contributed by atoms with Crippen molar-refractivity contribution in [2.45, 2.75) is 12.3 Å².